The first-order valence-electron chi connectivity index (χ1n) is 21.0. The number of rotatable bonds is 2. The molecule has 0 aromatic rings. The molecule has 0 radical (unpaired) electrons. The van der Waals surface area contributed by atoms with Gasteiger partial charge in [-0.3, -0.25) is 14.4 Å². The van der Waals surface area contributed by atoms with Crippen LogP contribution in [0.15, 0.2) is 0 Å². The maximum Gasteiger partial charge on any atom is 2.00 e. The molecule has 0 saturated heterocycles. The van der Waals surface area contributed by atoms with Crippen molar-refractivity contribution in [3.8, 4) is 0 Å². The normalized spacial score (nSPS) is 40.9. The molecule has 8 saturated carbocycles. The van der Waals surface area contributed by atoms with Crippen molar-refractivity contribution in [2.45, 2.75) is 169 Å². The van der Waals surface area contributed by atoms with Gasteiger partial charge in [0.25, 0.3) is 0 Å². The second kappa shape index (κ2) is 35.1. The Hall–Kier alpha value is 8.67. The Bertz CT molecular complexity index is 1320. The third-order valence-electron chi connectivity index (χ3n) is 17.5. The molecule has 8 aliphatic rings. The van der Waals surface area contributed by atoms with E-state index >= 15 is 0 Å². The molecule has 0 aromatic heterocycles. The van der Waals surface area contributed by atoms with Crippen LogP contribution >= 0.6 is 30.3 Å². The topological polar surface area (TPSA) is 71.4 Å². The minimum atomic E-state index is -1.33. The van der Waals surface area contributed by atoms with E-state index in [1.165, 1.54) is 83.5 Å². The van der Waals surface area contributed by atoms with Gasteiger partial charge in [0.15, 0.2) is 0 Å². The Morgan fingerprint density at radius 2 is 0.984 bits per heavy atom. The number of aliphatic hydroxyl groups is 1. The largest absolute Gasteiger partial charge is 2.00 e. The summed E-state index contributed by atoms with van der Waals surface area (Å²) < 4.78 is 0. The minimum absolute atomic E-state index is 0. The summed E-state index contributed by atoms with van der Waals surface area (Å²) in [6, 6.07) is 0. The molecule has 0 aliphatic heterocycles. The minimum Gasteiger partial charge on any atom is -1.00 e. The van der Waals surface area contributed by atoms with Crippen molar-refractivity contribution in [2.24, 2.45) is 81.8 Å². The Kier molecular flexibility index (Phi) is 45.2. The quantitative estimate of drug-likeness (QED) is 0.170. The Morgan fingerprint density at radius 1 is 0.607 bits per heavy atom. The molecule has 333 valence electrons. The number of halogens is 7. The van der Waals surface area contributed by atoms with E-state index in [-0.39, 0.29) is 287 Å². The van der Waals surface area contributed by atoms with Crippen molar-refractivity contribution in [2.75, 3.05) is 0 Å². The van der Waals surface area contributed by atoms with E-state index in [9.17, 15) is 19.5 Å². The molecule has 0 spiro atoms. The van der Waals surface area contributed by atoms with Crippen LogP contribution in [0.3, 0.4) is 0 Å². The molecule has 17 heteroatoms. The second-order valence-electron chi connectivity index (χ2n) is 19.8. The molecule has 0 aromatic carbocycles. The average Bonchev–Trinajstić information content (AvgIpc) is 3.05. The summed E-state index contributed by atoms with van der Waals surface area (Å²) in [5, 5.41) is 10.5. The number of hydrogen-bond acceptors (Lipinski definition) is 4. The van der Waals surface area contributed by atoms with Gasteiger partial charge in [0.05, 0.1) is 5.60 Å². The van der Waals surface area contributed by atoms with Gasteiger partial charge in [0.1, 0.15) is 17.3 Å². The van der Waals surface area contributed by atoms with Crippen LogP contribution in [0.1, 0.15) is 163 Å². The van der Waals surface area contributed by atoms with E-state index in [0.29, 0.717) is 35.1 Å². The molecule has 8 fully saturated rings. The van der Waals surface area contributed by atoms with Crippen molar-refractivity contribution >= 4 is 70.7 Å². The third-order valence-corrected chi connectivity index (χ3v) is 17.5. The van der Waals surface area contributed by atoms with Gasteiger partial charge in [-0.05, 0) is 194 Å². The number of carbonyl (C=O) groups is 3. The van der Waals surface area contributed by atoms with Gasteiger partial charge >= 0.3 is 238 Å². The molecule has 8 aliphatic carbocycles. The van der Waals surface area contributed by atoms with Crippen LogP contribution in [0.5, 0.6) is 0 Å². The van der Waals surface area contributed by atoms with Gasteiger partial charge in [-0.15, -0.1) is 0 Å². The van der Waals surface area contributed by atoms with Crippen molar-refractivity contribution in [3.63, 3.8) is 0 Å². The van der Waals surface area contributed by atoms with Crippen molar-refractivity contribution < 1.29 is 276 Å². The first kappa shape index (κ1) is 78.6. The van der Waals surface area contributed by atoms with E-state index in [1.54, 1.807) is 0 Å². The molecule has 0 bridgehead atoms. The molecule has 4 nitrogen and oxygen atoms in total. The first-order valence-corrected chi connectivity index (χ1v) is 25.5. The van der Waals surface area contributed by atoms with Gasteiger partial charge in [0, 0.05) is 24.7 Å². The summed E-state index contributed by atoms with van der Waals surface area (Å²) in [7, 11) is 14.7. The zero-order valence-corrected chi connectivity index (χ0v) is 59.4. The van der Waals surface area contributed by atoms with Crippen molar-refractivity contribution in [1.82, 2.24) is 0 Å². The third kappa shape index (κ3) is 19.0. The fraction of sp³-hybridized carbons (Fsp3) is 0.909. The maximum atomic E-state index is 12.3. The maximum absolute atomic E-state index is 12.3. The van der Waals surface area contributed by atoms with Crippen LogP contribution in [0, 0.1) is 89.3 Å². The van der Waals surface area contributed by atoms with Gasteiger partial charge < -0.3 is 85.3 Å². The second-order valence-corrected chi connectivity index (χ2v) is 25.3. The fourth-order valence-electron chi connectivity index (χ4n) is 15.5. The molecule has 8 rings (SSSR count). The molecule has 0 amide bonds. The molecule has 1 N–H and O–H groups in total. The summed E-state index contributed by atoms with van der Waals surface area (Å²) in [4.78, 5) is 36.4. The number of Topliss-reactive ketones (excluding diaryl/α,β-unsaturated/α-hetero) is 3. The molecular formula is C44H71Cl5FeI2K3LiMgO4+. The van der Waals surface area contributed by atoms with Gasteiger partial charge in [-0.1, -0.05) is 26.7 Å². The monoisotopic (exact) mass is 1300 g/mol. The molecule has 15 atom stereocenters. The zero-order chi connectivity index (χ0) is 36.9. The van der Waals surface area contributed by atoms with Crippen molar-refractivity contribution in [1.29, 1.82) is 0 Å². The van der Waals surface area contributed by atoms with Crippen LogP contribution in [0.4, 0.5) is 0 Å². The summed E-state index contributed by atoms with van der Waals surface area (Å²) >= 11 is -1.33. The summed E-state index contributed by atoms with van der Waals surface area (Å²) in [6.07, 6.45) is 24.0. The van der Waals surface area contributed by atoms with Crippen LogP contribution in [0.2, 0.25) is 0 Å². The van der Waals surface area contributed by atoms with E-state index < -0.39 is 16.8 Å². The van der Waals surface area contributed by atoms with E-state index in [0.717, 1.165) is 98.2 Å². The average molecular weight is 1300 g/mol. The van der Waals surface area contributed by atoms with Crippen LogP contribution < -0.4 is 246 Å². The fourth-order valence-corrected chi connectivity index (χ4v) is 15.5. The number of fused-ring (bicyclic) bond motifs is 10. The number of hydrogen-bond donors (Lipinski definition) is 1. The zero-order valence-electron chi connectivity index (χ0n) is 39.4. The van der Waals surface area contributed by atoms with E-state index in [1.807, 2.05) is 20.8 Å². The summed E-state index contributed by atoms with van der Waals surface area (Å²) in [6.45, 7) is 10.6. The smallest absolute Gasteiger partial charge is 1.00 e. The van der Waals surface area contributed by atoms with Gasteiger partial charge in [0.2, 0.25) is 0 Å². The van der Waals surface area contributed by atoms with E-state index in [4.69, 9.17) is 30.3 Å². The summed E-state index contributed by atoms with van der Waals surface area (Å²) in [5.41, 5.74) is 0.128. The van der Waals surface area contributed by atoms with Gasteiger partial charge in [-0.25, -0.2) is 0 Å². The predicted octanol–water partition coefficient (Wildman–Crippen LogP) is -12.0. The molecule has 0 heterocycles. The standard InChI is InChI=1S/C22H36O2.C21H32O2.CH3.5ClH.Fe.2HI.3K.Li.Mg/c1-14(23)19-5-4-6-20-18-8-7-15-13-21(2,24)11-9-16(15)17(18)10-12-22(19,20)3;1-13(22)19-4-3-5-20-18-8-6-14-12-15(23)7-9-16(14)17(18)10-11-21(19,20)2;;;;;;;;;;;;;;/h15-20,24H,4-13H2,1-3H3;14,16-20H,3-12H2,1-2H3;1H3;5*1H;;2*1H;;;;;/q;;-1;;;;;;+3;;;4*+1;+2/p-7/t15-,16-,17+,18+,19+,20-,21+,22+;14-,16-,17+,18+,19+,20-,21+;;;;;;;;;;;;;;/m00............../s1. The molecule has 61 heavy (non-hydrogen) atoms. The van der Waals surface area contributed by atoms with Gasteiger partial charge in [-0.2, -0.15) is 0 Å². The number of ketones is 3. The molecular weight excluding hydrogens is 1230 g/mol. The SMILES string of the molecule is CC(=O)[C@H]1CCC[C@H]2[C@@H]3CC[C@H]4CC(=O)CC[C@@H]4[C@H]3CC[C@]12C.CC(=O)[C@H]1CCC[C@H]2[C@@H]3CC[C@H]4C[C@](C)(O)CC[C@@H]4[C@H]3CC[C@]12C.[CH3-].[Cl-].[Cl-].[Cl][Fe]([Cl])[Cl].[I-].[I-].[K+].[K+].[K+].[Li+].[Mg+2]. The van der Waals surface area contributed by atoms with Crippen molar-refractivity contribution in [3.05, 3.63) is 7.43 Å². The van der Waals surface area contributed by atoms with E-state index in [2.05, 4.69) is 13.8 Å². The number of carbonyl (C=O) groups excluding carboxylic acids is 3. The van der Waals surface area contributed by atoms with Crippen LogP contribution in [0.25, 0.3) is 0 Å². The summed E-state index contributed by atoms with van der Waals surface area (Å²) in [5.74, 6) is 10.1. The Labute approximate surface area is 592 Å². The first-order chi connectivity index (χ1) is 24.1. The van der Waals surface area contributed by atoms with Crippen LogP contribution in [-0.4, -0.2) is 51.1 Å². The molecule has 0 unspecified atom stereocenters. The Balaban J connectivity index is -0.000000274. The van der Waals surface area contributed by atoms with Crippen LogP contribution in [-0.2, 0) is 25.5 Å². The predicted molar refractivity (Wildman–Crippen MR) is 217 cm³/mol. The Morgan fingerprint density at radius 3 is 1.39 bits per heavy atom.